The lowest BCUT2D eigenvalue weighted by Gasteiger charge is -2.47. The van der Waals surface area contributed by atoms with Gasteiger partial charge >= 0.3 is 0 Å². The zero-order valence-corrected chi connectivity index (χ0v) is 11.0. The second kappa shape index (κ2) is 5.41. The average molecular weight is 252 g/mol. The highest BCUT2D eigenvalue weighted by atomic mass is 16.3. The highest BCUT2D eigenvalue weighted by Crippen LogP contribution is 2.39. The largest absolute Gasteiger partial charge is 0.389 e. The van der Waals surface area contributed by atoms with E-state index in [1.54, 1.807) is 6.08 Å². The number of carbonyl (C=O) groups excluding carboxylic acids is 1. The van der Waals surface area contributed by atoms with Crippen LogP contribution in [0.1, 0.15) is 38.5 Å². The first-order valence-corrected chi connectivity index (χ1v) is 6.94. The number of hydrogen-bond donors (Lipinski definition) is 2. The van der Waals surface area contributed by atoms with E-state index in [1.165, 1.54) is 0 Å². The summed E-state index contributed by atoms with van der Waals surface area (Å²) in [6, 6.07) is -0.475. The number of rotatable bonds is 3. The van der Waals surface area contributed by atoms with Crippen LogP contribution in [0.15, 0.2) is 12.7 Å². The van der Waals surface area contributed by atoms with Gasteiger partial charge in [0.05, 0.1) is 11.6 Å². The van der Waals surface area contributed by atoms with Crippen molar-refractivity contribution in [2.24, 2.45) is 11.7 Å². The van der Waals surface area contributed by atoms with Gasteiger partial charge in [-0.3, -0.25) is 4.79 Å². The van der Waals surface area contributed by atoms with E-state index in [4.69, 9.17) is 5.73 Å². The van der Waals surface area contributed by atoms with Crippen LogP contribution >= 0.6 is 0 Å². The summed E-state index contributed by atoms with van der Waals surface area (Å²) in [5, 5.41) is 10.5. The SMILES string of the molecule is C=CCC(N)C(=O)N1CCC2(O)CCCCC2C1. The molecule has 3 N–H and O–H groups in total. The molecular weight excluding hydrogens is 228 g/mol. The summed E-state index contributed by atoms with van der Waals surface area (Å²) in [6.45, 7) is 4.92. The molecule has 1 saturated carbocycles. The number of likely N-dealkylation sites (tertiary alicyclic amines) is 1. The Kier molecular flexibility index (Phi) is 4.07. The van der Waals surface area contributed by atoms with Crippen LogP contribution in [0.4, 0.5) is 0 Å². The van der Waals surface area contributed by atoms with E-state index < -0.39 is 11.6 Å². The Morgan fingerprint density at radius 1 is 1.56 bits per heavy atom. The predicted molar refractivity (Wildman–Crippen MR) is 70.9 cm³/mol. The van der Waals surface area contributed by atoms with Gasteiger partial charge in [-0.2, -0.15) is 0 Å². The van der Waals surface area contributed by atoms with Gasteiger partial charge in [0.2, 0.25) is 5.91 Å². The Bertz CT molecular complexity index is 332. The summed E-state index contributed by atoms with van der Waals surface area (Å²) >= 11 is 0. The van der Waals surface area contributed by atoms with E-state index in [9.17, 15) is 9.90 Å². The number of nitrogens with two attached hydrogens (primary N) is 1. The first-order chi connectivity index (χ1) is 8.57. The lowest BCUT2D eigenvalue weighted by molar-refractivity contribution is -0.144. The minimum absolute atomic E-state index is 0.00234. The molecule has 0 radical (unpaired) electrons. The van der Waals surface area contributed by atoms with Crippen LogP contribution in [0.2, 0.25) is 0 Å². The van der Waals surface area contributed by atoms with Gasteiger partial charge < -0.3 is 15.7 Å². The minimum Gasteiger partial charge on any atom is -0.389 e. The third-order valence-corrected chi connectivity index (χ3v) is 4.48. The number of aliphatic hydroxyl groups is 1. The van der Waals surface area contributed by atoms with Crippen molar-refractivity contribution < 1.29 is 9.90 Å². The van der Waals surface area contributed by atoms with Crippen molar-refractivity contribution in [3.05, 3.63) is 12.7 Å². The minimum atomic E-state index is -0.530. The lowest BCUT2D eigenvalue weighted by Crippen LogP contribution is -2.57. The fraction of sp³-hybridized carbons (Fsp3) is 0.786. The smallest absolute Gasteiger partial charge is 0.239 e. The molecule has 4 nitrogen and oxygen atoms in total. The molecule has 1 heterocycles. The van der Waals surface area contributed by atoms with Gasteiger partial charge in [0, 0.05) is 19.0 Å². The summed E-state index contributed by atoms with van der Waals surface area (Å²) in [6.07, 6.45) is 7.08. The van der Waals surface area contributed by atoms with Crippen molar-refractivity contribution in [1.82, 2.24) is 4.90 Å². The zero-order chi connectivity index (χ0) is 13.2. The summed E-state index contributed by atoms with van der Waals surface area (Å²) in [5.41, 5.74) is 5.30. The van der Waals surface area contributed by atoms with Crippen molar-refractivity contribution in [2.45, 2.75) is 50.2 Å². The lowest BCUT2D eigenvalue weighted by atomic mass is 9.71. The van der Waals surface area contributed by atoms with Crippen molar-refractivity contribution in [3.8, 4) is 0 Å². The Balaban J connectivity index is 1.97. The van der Waals surface area contributed by atoms with Gasteiger partial charge in [0.25, 0.3) is 0 Å². The molecule has 3 unspecified atom stereocenters. The van der Waals surface area contributed by atoms with Crippen LogP contribution in [0.3, 0.4) is 0 Å². The molecule has 1 aliphatic heterocycles. The normalized spacial score (nSPS) is 33.7. The summed E-state index contributed by atoms with van der Waals surface area (Å²) in [7, 11) is 0. The molecule has 2 fully saturated rings. The molecule has 0 aromatic rings. The van der Waals surface area contributed by atoms with Crippen molar-refractivity contribution in [1.29, 1.82) is 0 Å². The van der Waals surface area contributed by atoms with Gasteiger partial charge in [-0.1, -0.05) is 18.9 Å². The van der Waals surface area contributed by atoms with E-state index in [0.29, 0.717) is 25.9 Å². The van der Waals surface area contributed by atoms with Gasteiger partial charge in [-0.15, -0.1) is 6.58 Å². The van der Waals surface area contributed by atoms with Crippen LogP contribution < -0.4 is 5.73 Å². The van der Waals surface area contributed by atoms with E-state index in [2.05, 4.69) is 6.58 Å². The molecule has 1 amide bonds. The van der Waals surface area contributed by atoms with Crippen molar-refractivity contribution >= 4 is 5.91 Å². The zero-order valence-electron chi connectivity index (χ0n) is 11.0. The van der Waals surface area contributed by atoms with Gasteiger partial charge in [0.15, 0.2) is 0 Å². The fourth-order valence-electron chi connectivity index (χ4n) is 3.29. The van der Waals surface area contributed by atoms with Crippen molar-refractivity contribution in [3.63, 3.8) is 0 Å². The molecular formula is C14H24N2O2. The maximum Gasteiger partial charge on any atom is 0.239 e. The molecule has 1 aliphatic carbocycles. The van der Waals surface area contributed by atoms with Gasteiger partial charge in [-0.05, 0) is 25.7 Å². The maximum atomic E-state index is 12.1. The van der Waals surface area contributed by atoms with Crippen LogP contribution in [-0.2, 0) is 4.79 Å². The first-order valence-electron chi connectivity index (χ1n) is 6.94. The Morgan fingerprint density at radius 3 is 3.06 bits per heavy atom. The van der Waals surface area contributed by atoms with Crippen LogP contribution in [-0.4, -0.2) is 40.6 Å². The van der Waals surface area contributed by atoms with Crippen LogP contribution in [0.25, 0.3) is 0 Å². The Morgan fingerprint density at radius 2 is 2.33 bits per heavy atom. The van der Waals surface area contributed by atoms with Crippen LogP contribution in [0.5, 0.6) is 0 Å². The summed E-state index contributed by atoms with van der Waals surface area (Å²) < 4.78 is 0. The molecule has 0 spiro atoms. The molecule has 2 rings (SSSR count). The summed E-state index contributed by atoms with van der Waals surface area (Å²) in [4.78, 5) is 14.0. The second-order valence-corrected chi connectivity index (χ2v) is 5.71. The maximum absolute atomic E-state index is 12.1. The van der Waals surface area contributed by atoms with E-state index >= 15 is 0 Å². The molecule has 3 atom stereocenters. The molecule has 1 saturated heterocycles. The number of fused-ring (bicyclic) bond motifs is 1. The van der Waals surface area contributed by atoms with Gasteiger partial charge in [-0.25, -0.2) is 0 Å². The standard InChI is InChI=1S/C14H24N2O2/c1-2-5-12(15)13(17)16-9-8-14(18)7-4-3-6-11(14)10-16/h2,11-12,18H,1,3-10,15H2. The Hall–Kier alpha value is -0.870. The van der Waals surface area contributed by atoms with Gasteiger partial charge in [0.1, 0.15) is 0 Å². The number of hydrogen-bond acceptors (Lipinski definition) is 3. The number of nitrogens with zero attached hydrogens (tertiary/aromatic N) is 1. The fourth-order valence-corrected chi connectivity index (χ4v) is 3.29. The molecule has 0 aromatic carbocycles. The number of carbonyl (C=O) groups is 1. The monoisotopic (exact) mass is 252 g/mol. The van der Waals surface area contributed by atoms with E-state index in [0.717, 1.165) is 25.7 Å². The average Bonchev–Trinajstić information content (AvgIpc) is 2.37. The molecule has 0 bridgehead atoms. The summed E-state index contributed by atoms with van der Waals surface area (Å²) in [5.74, 6) is 0.238. The molecule has 0 aromatic heterocycles. The first kappa shape index (κ1) is 13.6. The van der Waals surface area contributed by atoms with E-state index in [-0.39, 0.29) is 11.8 Å². The predicted octanol–water partition coefficient (Wildman–Crippen LogP) is 1.04. The molecule has 102 valence electrons. The molecule has 4 heteroatoms. The highest BCUT2D eigenvalue weighted by molar-refractivity contribution is 5.82. The number of piperidine rings is 1. The quantitative estimate of drug-likeness (QED) is 0.738. The van der Waals surface area contributed by atoms with Crippen molar-refractivity contribution in [2.75, 3.05) is 13.1 Å². The third-order valence-electron chi connectivity index (χ3n) is 4.48. The van der Waals surface area contributed by atoms with E-state index in [1.807, 2.05) is 4.90 Å². The molecule has 18 heavy (non-hydrogen) atoms. The number of amides is 1. The third kappa shape index (κ3) is 2.59. The molecule has 2 aliphatic rings. The highest BCUT2D eigenvalue weighted by Gasteiger charge is 2.44. The van der Waals surface area contributed by atoms with Crippen LogP contribution in [0, 0.1) is 5.92 Å². The second-order valence-electron chi connectivity index (χ2n) is 5.71. The topological polar surface area (TPSA) is 66.6 Å². The Labute approximate surface area is 109 Å².